The quantitative estimate of drug-likeness (QED) is 0.151. The van der Waals surface area contributed by atoms with Crippen LogP contribution in [0.5, 0.6) is 23.0 Å². The minimum atomic E-state index is -0.701. The summed E-state index contributed by atoms with van der Waals surface area (Å²) in [5.74, 6) is -0.938. The number of fused-ring (bicyclic) bond motifs is 3. The van der Waals surface area contributed by atoms with E-state index in [0.29, 0.717) is 11.1 Å². The second-order valence-electron chi connectivity index (χ2n) is 12.3. The third kappa shape index (κ3) is 4.69. The molecule has 46 heavy (non-hydrogen) atoms. The highest BCUT2D eigenvalue weighted by molar-refractivity contribution is 5.82. The van der Waals surface area contributed by atoms with Gasteiger partial charge in [-0.3, -0.25) is 0 Å². The molecule has 4 heteroatoms. The van der Waals surface area contributed by atoms with Gasteiger partial charge in [-0.2, -0.15) is 0 Å². The molecule has 1 aliphatic rings. The molecule has 0 heterocycles. The van der Waals surface area contributed by atoms with Gasteiger partial charge in [0.15, 0.2) is 23.0 Å². The zero-order valence-electron chi connectivity index (χ0n) is 25.5. The van der Waals surface area contributed by atoms with Crippen LogP contribution in [0, 0.1) is 0 Å². The van der Waals surface area contributed by atoms with Crippen LogP contribution in [0.3, 0.4) is 0 Å². The highest BCUT2D eigenvalue weighted by Gasteiger charge is 2.44. The van der Waals surface area contributed by atoms with Crippen LogP contribution in [0.4, 0.5) is 0 Å². The van der Waals surface area contributed by atoms with Crippen molar-refractivity contribution in [3.8, 4) is 34.1 Å². The SMILES string of the molecule is Oc1cc2c(cc1O)C(c1ccccc1)(c1ccccc1)CCCCC(c1ccccc1)(c1ccccc1)c1cc(O)c(O)cc1-2. The number of phenols is 4. The van der Waals surface area contributed by atoms with Gasteiger partial charge in [0.25, 0.3) is 0 Å². The van der Waals surface area contributed by atoms with Crippen molar-refractivity contribution >= 4 is 0 Å². The van der Waals surface area contributed by atoms with Crippen LogP contribution in [0.25, 0.3) is 11.1 Å². The molecule has 6 aromatic rings. The minimum Gasteiger partial charge on any atom is -0.504 e. The van der Waals surface area contributed by atoms with E-state index in [-0.39, 0.29) is 23.0 Å². The zero-order chi connectivity index (χ0) is 31.7. The Balaban J connectivity index is 1.66. The molecular weight excluding hydrogens is 568 g/mol. The Kier molecular flexibility index (Phi) is 7.50. The summed E-state index contributed by atoms with van der Waals surface area (Å²) in [6.45, 7) is 0. The maximum Gasteiger partial charge on any atom is 0.158 e. The largest absolute Gasteiger partial charge is 0.504 e. The third-order valence-electron chi connectivity index (χ3n) is 9.86. The van der Waals surface area contributed by atoms with Gasteiger partial charge in [0.1, 0.15) is 0 Å². The number of hydrogen-bond acceptors (Lipinski definition) is 4. The predicted molar refractivity (Wildman–Crippen MR) is 183 cm³/mol. The molecule has 0 atom stereocenters. The molecule has 0 radical (unpaired) electrons. The Morgan fingerprint density at radius 1 is 0.348 bits per heavy atom. The van der Waals surface area contributed by atoms with E-state index < -0.39 is 10.8 Å². The summed E-state index contributed by atoms with van der Waals surface area (Å²) < 4.78 is 0. The lowest BCUT2D eigenvalue weighted by molar-refractivity contribution is 0.398. The highest BCUT2D eigenvalue weighted by Crippen LogP contribution is 2.56. The first-order valence-corrected chi connectivity index (χ1v) is 15.8. The van der Waals surface area contributed by atoms with Gasteiger partial charge in [-0.05, 0) is 81.6 Å². The molecule has 0 bridgehead atoms. The van der Waals surface area contributed by atoms with Crippen molar-refractivity contribution in [3.05, 3.63) is 179 Å². The lowest BCUT2D eigenvalue weighted by Crippen LogP contribution is -2.34. The Hall–Kier alpha value is -5.48. The van der Waals surface area contributed by atoms with Crippen molar-refractivity contribution in [3.63, 3.8) is 0 Å². The molecule has 0 unspecified atom stereocenters. The normalized spacial score (nSPS) is 15.3. The smallest absolute Gasteiger partial charge is 0.158 e. The second-order valence-corrected chi connectivity index (χ2v) is 12.3. The fraction of sp³-hybridized carbons (Fsp3) is 0.143. The van der Waals surface area contributed by atoms with Gasteiger partial charge in [-0.1, -0.05) is 134 Å². The van der Waals surface area contributed by atoms with E-state index in [9.17, 15) is 20.4 Å². The van der Waals surface area contributed by atoms with E-state index in [1.807, 2.05) is 72.8 Å². The summed E-state index contributed by atoms with van der Waals surface area (Å²) in [5, 5.41) is 44.6. The molecule has 0 saturated carbocycles. The molecule has 228 valence electrons. The van der Waals surface area contributed by atoms with Gasteiger partial charge in [0.2, 0.25) is 0 Å². The first-order chi connectivity index (χ1) is 22.4. The Bertz CT molecular complexity index is 1740. The molecule has 4 nitrogen and oxygen atoms in total. The average molecular weight is 605 g/mol. The highest BCUT2D eigenvalue weighted by atomic mass is 16.3. The van der Waals surface area contributed by atoms with E-state index >= 15 is 0 Å². The van der Waals surface area contributed by atoms with Crippen molar-refractivity contribution in [2.24, 2.45) is 0 Å². The Labute approximate surface area is 269 Å². The lowest BCUT2D eigenvalue weighted by Gasteiger charge is -2.42. The van der Waals surface area contributed by atoms with Crippen LogP contribution in [0.2, 0.25) is 0 Å². The molecule has 7 rings (SSSR count). The molecule has 4 N–H and O–H groups in total. The fourth-order valence-electron chi connectivity index (χ4n) is 7.78. The van der Waals surface area contributed by atoms with Gasteiger partial charge in [-0.15, -0.1) is 0 Å². The van der Waals surface area contributed by atoms with E-state index in [0.717, 1.165) is 59.1 Å². The molecule has 0 saturated heterocycles. The maximum atomic E-state index is 11.2. The molecule has 6 aromatic carbocycles. The molecule has 0 spiro atoms. The van der Waals surface area contributed by atoms with Gasteiger partial charge < -0.3 is 20.4 Å². The van der Waals surface area contributed by atoms with Crippen LogP contribution in [0.1, 0.15) is 59.1 Å². The van der Waals surface area contributed by atoms with Crippen LogP contribution in [-0.4, -0.2) is 20.4 Å². The van der Waals surface area contributed by atoms with E-state index in [4.69, 9.17) is 0 Å². The molecule has 0 aromatic heterocycles. The van der Waals surface area contributed by atoms with E-state index in [2.05, 4.69) is 48.5 Å². The summed E-state index contributed by atoms with van der Waals surface area (Å²) in [6, 6.07) is 47.9. The number of hydrogen-bond donors (Lipinski definition) is 4. The van der Waals surface area contributed by atoms with Crippen molar-refractivity contribution in [1.82, 2.24) is 0 Å². The summed E-state index contributed by atoms with van der Waals surface area (Å²) in [4.78, 5) is 0. The standard InChI is InChI=1S/C42H36O4/c43-37-25-33-34-26-38(44)40(46)28-36(34)42(31-19-9-3-10-20-31,32-21-11-4-12-22-32)24-14-13-23-41(35(33)27-39(37)45,29-15-5-1-6-16-29)30-17-7-2-8-18-30/h1-12,15-22,25-28,43-46H,13-14,23-24H2. The lowest BCUT2D eigenvalue weighted by atomic mass is 9.60. The Morgan fingerprint density at radius 2 is 0.609 bits per heavy atom. The van der Waals surface area contributed by atoms with E-state index in [1.165, 1.54) is 0 Å². The molecule has 0 amide bonds. The third-order valence-corrected chi connectivity index (χ3v) is 9.86. The van der Waals surface area contributed by atoms with Crippen LogP contribution < -0.4 is 0 Å². The number of phenolic OH excluding ortho intramolecular Hbond substituents is 4. The van der Waals surface area contributed by atoms with Crippen molar-refractivity contribution < 1.29 is 20.4 Å². The number of rotatable bonds is 4. The zero-order valence-corrected chi connectivity index (χ0v) is 25.5. The van der Waals surface area contributed by atoms with Crippen molar-refractivity contribution in [2.75, 3.05) is 0 Å². The fourth-order valence-corrected chi connectivity index (χ4v) is 7.78. The first-order valence-electron chi connectivity index (χ1n) is 15.8. The topological polar surface area (TPSA) is 80.9 Å². The number of benzene rings is 6. The van der Waals surface area contributed by atoms with Gasteiger partial charge in [-0.25, -0.2) is 0 Å². The molecule has 0 fully saturated rings. The Morgan fingerprint density at radius 3 is 0.891 bits per heavy atom. The summed E-state index contributed by atoms with van der Waals surface area (Å²) in [5.41, 5.74) is 5.82. The van der Waals surface area contributed by atoms with Gasteiger partial charge in [0, 0.05) is 10.8 Å². The summed E-state index contributed by atoms with van der Waals surface area (Å²) in [6.07, 6.45) is 3.17. The van der Waals surface area contributed by atoms with Crippen LogP contribution in [0.15, 0.2) is 146 Å². The molecular formula is C42H36O4. The molecule has 1 aliphatic carbocycles. The van der Waals surface area contributed by atoms with Crippen molar-refractivity contribution in [2.45, 2.75) is 36.5 Å². The van der Waals surface area contributed by atoms with Gasteiger partial charge in [0.05, 0.1) is 0 Å². The maximum absolute atomic E-state index is 11.2. The molecule has 0 aliphatic heterocycles. The second kappa shape index (κ2) is 11.8. The van der Waals surface area contributed by atoms with Crippen molar-refractivity contribution in [1.29, 1.82) is 0 Å². The first kappa shape index (κ1) is 29.2. The van der Waals surface area contributed by atoms with E-state index in [1.54, 1.807) is 24.3 Å². The monoisotopic (exact) mass is 604 g/mol. The summed E-state index contributed by atoms with van der Waals surface area (Å²) in [7, 11) is 0. The average Bonchev–Trinajstić information content (AvgIpc) is 3.10. The summed E-state index contributed by atoms with van der Waals surface area (Å²) >= 11 is 0. The predicted octanol–water partition coefficient (Wildman–Crippen LogP) is 9.42. The van der Waals surface area contributed by atoms with Gasteiger partial charge >= 0.3 is 0 Å². The number of aromatic hydroxyl groups is 4. The van der Waals surface area contributed by atoms with Crippen LogP contribution >= 0.6 is 0 Å². The van der Waals surface area contributed by atoms with Crippen LogP contribution in [-0.2, 0) is 10.8 Å². The minimum absolute atomic E-state index is 0.214.